The fourth-order valence-electron chi connectivity index (χ4n) is 3.27. The van der Waals surface area contributed by atoms with E-state index in [4.69, 9.17) is 4.74 Å². The molecule has 2 heterocycles. The Morgan fingerprint density at radius 2 is 1.87 bits per heavy atom. The number of ether oxygens (including phenoxy) is 1. The van der Waals surface area contributed by atoms with Crippen molar-refractivity contribution >= 4 is 16.9 Å². The van der Waals surface area contributed by atoms with E-state index in [1.54, 1.807) is 24.4 Å². The number of para-hydroxylation sites is 1. The molecule has 0 aliphatic carbocycles. The Morgan fingerprint density at radius 3 is 2.73 bits per heavy atom. The van der Waals surface area contributed by atoms with E-state index in [2.05, 4.69) is 15.0 Å². The Morgan fingerprint density at radius 1 is 1.07 bits per heavy atom. The predicted molar refractivity (Wildman–Crippen MR) is 113 cm³/mol. The van der Waals surface area contributed by atoms with E-state index >= 15 is 0 Å². The highest BCUT2D eigenvalue weighted by Gasteiger charge is 2.09. The zero-order chi connectivity index (χ0) is 20.8. The van der Waals surface area contributed by atoms with Gasteiger partial charge >= 0.3 is 5.97 Å². The number of hydrogen-bond acceptors (Lipinski definition) is 5. The highest BCUT2D eigenvalue weighted by Crippen LogP contribution is 2.09. The van der Waals surface area contributed by atoms with Crippen LogP contribution in [0, 0.1) is 0 Å². The fraction of sp³-hybridized carbons (Fsp3) is 0.217. The van der Waals surface area contributed by atoms with Gasteiger partial charge < -0.3 is 14.3 Å². The lowest BCUT2D eigenvalue weighted by Crippen LogP contribution is -2.13. The number of H-pyrrole nitrogens is 1. The largest absolute Gasteiger partial charge is 0.458 e. The van der Waals surface area contributed by atoms with Crippen LogP contribution in [0.4, 0.5) is 0 Å². The summed E-state index contributed by atoms with van der Waals surface area (Å²) in [6.45, 7) is 0.804. The van der Waals surface area contributed by atoms with Gasteiger partial charge in [0.15, 0.2) is 0 Å². The fourth-order valence-corrected chi connectivity index (χ4v) is 3.27. The number of carbonyl (C=O) groups is 1. The van der Waals surface area contributed by atoms with Crippen molar-refractivity contribution in [1.29, 1.82) is 0 Å². The van der Waals surface area contributed by atoms with E-state index in [0.29, 0.717) is 41.9 Å². The maximum absolute atomic E-state index is 12.1. The second kappa shape index (κ2) is 9.17. The molecule has 4 rings (SSSR count). The number of imidazole rings is 1. The molecule has 0 amide bonds. The summed E-state index contributed by atoms with van der Waals surface area (Å²) in [5, 5.41) is 0.562. The van der Waals surface area contributed by atoms with Crippen LogP contribution in [-0.2, 0) is 29.1 Å². The van der Waals surface area contributed by atoms with Gasteiger partial charge in [0.2, 0.25) is 0 Å². The predicted octanol–water partition coefficient (Wildman–Crippen LogP) is 3.23. The second-order valence-corrected chi connectivity index (χ2v) is 7.00. The Bertz CT molecular complexity index is 1200. The summed E-state index contributed by atoms with van der Waals surface area (Å²) in [4.78, 5) is 35.7. The third kappa shape index (κ3) is 4.81. The maximum atomic E-state index is 12.1. The number of aromatic amines is 1. The maximum Gasteiger partial charge on any atom is 0.306 e. The lowest BCUT2D eigenvalue weighted by atomic mass is 10.2. The number of nitrogens with one attached hydrogen (secondary N) is 1. The molecule has 0 atom stereocenters. The van der Waals surface area contributed by atoms with Gasteiger partial charge in [-0.05, 0) is 24.1 Å². The van der Waals surface area contributed by atoms with E-state index in [-0.39, 0.29) is 24.6 Å². The van der Waals surface area contributed by atoms with Gasteiger partial charge in [-0.1, -0.05) is 42.5 Å². The molecule has 30 heavy (non-hydrogen) atoms. The standard InChI is InChI=1S/C23H22N4O3/c28-22(12-6-11-20-25-19-10-5-4-9-18(19)23(29)26-20)30-16-21-24-13-14-27(21)15-17-7-2-1-3-8-17/h1-5,7-10,13-14H,6,11-12,15-16H2,(H,25,26,29). The second-order valence-electron chi connectivity index (χ2n) is 7.00. The van der Waals surface area contributed by atoms with Crippen LogP contribution in [0.25, 0.3) is 10.9 Å². The molecule has 7 heteroatoms. The number of aryl methyl sites for hydroxylation is 1. The molecule has 0 bridgehead atoms. The Labute approximate surface area is 173 Å². The number of carbonyl (C=O) groups excluding carboxylic acids is 1. The minimum absolute atomic E-state index is 0.129. The molecule has 0 spiro atoms. The zero-order valence-electron chi connectivity index (χ0n) is 16.5. The third-order valence-corrected chi connectivity index (χ3v) is 4.82. The van der Waals surface area contributed by atoms with Gasteiger partial charge in [0.05, 0.1) is 10.9 Å². The van der Waals surface area contributed by atoms with Crippen molar-refractivity contribution in [2.45, 2.75) is 32.4 Å². The average Bonchev–Trinajstić information content (AvgIpc) is 3.20. The van der Waals surface area contributed by atoms with E-state index in [9.17, 15) is 9.59 Å². The minimum atomic E-state index is -0.299. The summed E-state index contributed by atoms with van der Waals surface area (Å²) in [6, 6.07) is 17.2. The monoisotopic (exact) mass is 402 g/mol. The molecule has 0 aliphatic heterocycles. The van der Waals surface area contributed by atoms with Gasteiger partial charge in [-0.15, -0.1) is 0 Å². The third-order valence-electron chi connectivity index (χ3n) is 4.82. The SMILES string of the molecule is O=C(CCCc1nc2ccccc2c(=O)[nH]1)OCc1nccn1Cc1ccccc1. The molecule has 0 saturated heterocycles. The molecular weight excluding hydrogens is 380 g/mol. The number of nitrogens with zero attached hydrogens (tertiary/aromatic N) is 3. The lowest BCUT2D eigenvalue weighted by Gasteiger charge is -2.09. The van der Waals surface area contributed by atoms with Gasteiger partial charge in [0.25, 0.3) is 5.56 Å². The van der Waals surface area contributed by atoms with Crippen molar-refractivity contribution in [3.63, 3.8) is 0 Å². The first kappa shape index (κ1) is 19.6. The lowest BCUT2D eigenvalue weighted by molar-refractivity contribution is -0.145. The number of esters is 1. The number of aromatic nitrogens is 4. The highest BCUT2D eigenvalue weighted by atomic mass is 16.5. The number of fused-ring (bicyclic) bond motifs is 1. The quantitative estimate of drug-likeness (QED) is 0.457. The van der Waals surface area contributed by atoms with E-state index < -0.39 is 0 Å². The smallest absolute Gasteiger partial charge is 0.306 e. The van der Waals surface area contributed by atoms with Crippen LogP contribution >= 0.6 is 0 Å². The Balaban J connectivity index is 1.27. The van der Waals surface area contributed by atoms with Gasteiger partial charge in [0.1, 0.15) is 18.3 Å². The molecule has 152 valence electrons. The summed E-state index contributed by atoms with van der Waals surface area (Å²) >= 11 is 0. The molecule has 2 aromatic carbocycles. The van der Waals surface area contributed by atoms with Gasteiger partial charge in [-0.3, -0.25) is 9.59 Å². The highest BCUT2D eigenvalue weighted by molar-refractivity contribution is 5.77. The van der Waals surface area contributed by atoms with Crippen LogP contribution < -0.4 is 5.56 Å². The normalized spacial score (nSPS) is 10.9. The van der Waals surface area contributed by atoms with Crippen LogP contribution in [-0.4, -0.2) is 25.5 Å². The van der Waals surface area contributed by atoms with Crippen molar-refractivity contribution in [3.05, 3.63) is 94.6 Å². The molecule has 1 N–H and O–H groups in total. The van der Waals surface area contributed by atoms with Crippen LogP contribution in [0.5, 0.6) is 0 Å². The first-order valence-electron chi connectivity index (χ1n) is 9.86. The van der Waals surface area contributed by atoms with Crippen molar-refractivity contribution in [3.8, 4) is 0 Å². The summed E-state index contributed by atoms with van der Waals surface area (Å²) in [5.41, 5.74) is 1.65. The number of benzene rings is 2. The zero-order valence-corrected chi connectivity index (χ0v) is 16.5. The van der Waals surface area contributed by atoms with Crippen molar-refractivity contribution in [2.75, 3.05) is 0 Å². The van der Waals surface area contributed by atoms with E-state index in [0.717, 1.165) is 5.56 Å². The van der Waals surface area contributed by atoms with Crippen LogP contribution in [0.3, 0.4) is 0 Å². The summed E-state index contributed by atoms with van der Waals surface area (Å²) < 4.78 is 7.35. The van der Waals surface area contributed by atoms with Gasteiger partial charge in [-0.2, -0.15) is 0 Å². The molecule has 0 radical (unpaired) electrons. The van der Waals surface area contributed by atoms with Crippen LogP contribution in [0.1, 0.15) is 30.1 Å². The molecule has 7 nitrogen and oxygen atoms in total. The summed E-state index contributed by atoms with van der Waals surface area (Å²) in [6.07, 6.45) is 4.86. The first-order valence-corrected chi connectivity index (χ1v) is 9.86. The Hall–Kier alpha value is -3.74. The Kier molecular flexibility index (Phi) is 5.98. The average molecular weight is 402 g/mol. The molecule has 4 aromatic rings. The van der Waals surface area contributed by atoms with Crippen LogP contribution in [0.2, 0.25) is 0 Å². The van der Waals surface area contributed by atoms with Crippen molar-refractivity contribution < 1.29 is 9.53 Å². The molecule has 0 aliphatic rings. The van der Waals surface area contributed by atoms with Gasteiger partial charge in [0, 0.05) is 31.8 Å². The molecule has 0 saturated carbocycles. The van der Waals surface area contributed by atoms with Gasteiger partial charge in [-0.25, -0.2) is 9.97 Å². The number of rotatable bonds is 8. The van der Waals surface area contributed by atoms with Crippen molar-refractivity contribution in [1.82, 2.24) is 19.5 Å². The molecule has 0 unspecified atom stereocenters. The molecular formula is C23H22N4O3. The molecule has 2 aromatic heterocycles. The first-order chi connectivity index (χ1) is 14.7. The molecule has 0 fully saturated rings. The minimum Gasteiger partial charge on any atom is -0.458 e. The van der Waals surface area contributed by atoms with Crippen LogP contribution in [0.15, 0.2) is 71.8 Å². The van der Waals surface area contributed by atoms with Crippen molar-refractivity contribution in [2.24, 2.45) is 0 Å². The van der Waals surface area contributed by atoms with E-state index in [1.165, 1.54) is 0 Å². The summed E-state index contributed by atoms with van der Waals surface area (Å²) in [5.74, 6) is 0.977. The summed E-state index contributed by atoms with van der Waals surface area (Å²) in [7, 11) is 0. The topological polar surface area (TPSA) is 89.9 Å². The van der Waals surface area contributed by atoms with E-state index in [1.807, 2.05) is 47.2 Å². The number of hydrogen-bond donors (Lipinski definition) is 1.